The molecule has 100 valence electrons. The maximum Gasteiger partial charge on any atom is 0.335 e. The maximum atomic E-state index is 10.9. The van der Waals surface area contributed by atoms with Crippen LogP contribution in [0.3, 0.4) is 0 Å². The van der Waals surface area contributed by atoms with Crippen molar-refractivity contribution in [3.8, 4) is 0 Å². The van der Waals surface area contributed by atoms with E-state index in [1.54, 1.807) is 22.9 Å². The summed E-state index contributed by atoms with van der Waals surface area (Å²) in [5.41, 5.74) is 3.23. The van der Waals surface area contributed by atoms with Crippen LogP contribution in [0.15, 0.2) is 30.6 Å². The Labute approximate surface area is 111 Å². The normalized spacial score (nSPS) is 12.2. The van der Waals surface area contributed by atoms with Gasteiger partial charge in [0.2, 0.25) is 0 Å². The van der Waals surface area contributed by atoms with E-state index in [0.717, 1.165) is 16.8 Å². The summed E-state index contributed by atoms with van der Waals surface area (Å²) in [6, 6.07) is 5.18. The fourth-order valence-electron chi connectivity index (χ4n) is 1.94. The molecule has 0 radical (unpaired) electrons. The summed E-state index contributed by atoms with van der Waals surface area (Å²) in [6.45, 7) is 3.94. The lowest BCUT2D eigenvalue weighted by atomic mass is 10.1. The van der Waals surface area contributed by atoms with Gasteiger partial charge in [0.05, 0.1) is 17.8 Å². The van der Waals surface area contributed by atoms with Crippen molar-refractivity contribution >= 4 is 11.7 Å². The summed E-state index contributed by atoms with van der Waals surface area (Å²) in [4.78, 5) is 10.9. The molecular formula is C14H17N3O2. The van der Waals surface area contributed by atoms with E-state index in [2.05, 4.69) is 10.4 Å². The Hall–Kier alpha value is -2.30. The van der Waals surface area contributed by atoms with Crippen LogP contribution in [0.5, 0.6) is 0 Å². The van der Waals surface area contributed by atoms with Gasteiger partial charge in [-0.3, -0.25) is 4.68 Å². The fourth-order valence-corrected chi connectivity index (χ4v) is 1.94. The highest BCUT2D eigenvalue weighted by Crippen LogP contribution is 2.22. The third-order valence-corrected chi connectivity index (χ3v) is 3.07. The first-order valence-electron chi connectivity index (χ1n) is 6.06. The molecule has 1 unspecified atom stereocenters. The number of benzene rings is 1. The molecule has 2 aromatic rings. The lowest BCUT2D eigenvalue weighted by molar-refractivity contribution is 0.0697. The third-order valence-electron chi connectivity index (χ3n) is 3.07. The van der Waals surface area contributed by atoms with Crippen LogP contribution in [-0.2, 0) is 7.05 Å². The average molecular weight is 259 g/mol. The van der Waals surface area contributed by atoms with Gasteiger partial charge in [0.25, 0.3) is 0 Å². The van der Waals surface area contributed by atoms with Gasteiger partial charge in [0.1, 0.15) is 0 Å². The fraction of sp³-hybridized carbons (Fsp3) is 0.286. The second-order valence-corrected chi connectivity index (χ2v) is 4.65. The molecule has 1 heterocycles. The number of hydrogen-bond acceptors (Lipinski definition) is 3. The zero-order chi connectivity index (χ0) is 14.0. The molecular weight excluding hydrogens is 242 g/mol. The van der Waals surface area contributed by atoms with Crippen molar-refractivity contribution in [3.63, 3.8) is 0 Å². The molecule has 19 heavy (non-hydrogen) atoms. The minimum absolute atomic E-state index is 0.114. The van der Waals surface area contributed by atoms with Gasteiger partial charge < -0.3 is 10.4 Å². The number of nitrogens with one attached hydrogen (secondary N) is 1. The average Bonchev–Trinajstić information content (AvgIpc) is 2.78. The van der Waals surface area contributed by atoms with Crippen molar-refractivity contribution in [2.75, 3.05) is 5.32 Å². The minimum atomic E-state index is -0.907. The Balaban J connectivity index is 2.17. The Morgan fingerprint density at radius 3 is 2.74 bits per heavy atom. The number of aromatic nitrogens is 2. The summed E-state index contributed by atoms with van der Waals surface area (Å²) >= 11 is 0. The van der Waals surface area contributed by atoms with Crippen molar-refractivity contribution in [2.24, 2.45) is 7.05 Å². The summed E-state index contributed by atoms with van der Waals surface area (Å²) in [5, 5.41) is 16.4. The van der Waals surface area contributed by atoms with Gasteiger partial charge >= 0.3 is 5.97 Å². The van der Waals surface area contributed by atoms with E-state index >= 15 is 0 Å². The van der Waals surface area contributed by atoms with Crippen LogP contribution in [0.4, 0.5) is 5.69 Å². The van der Waals surface area contributed by atoms with Gasteiger partial charge in [-0.2, -0.15) is 5.10 Å². The topological polar surface area (TPSA) is 67.2 Å². The first kappa shape index (κ1) is 13.1. The zero-order valence-corrected chi connectivity index (χ0v) is 11.2. The number of rotatable bonds is 4. The maximum absolute atomic E-state index is 10.9. The van der Waals surface area contributed by atoms with E-state index in [4.69, 9.17) is 5.11 Å². The monoisotopic (exact) mass is 259 g/mol. The van der Waals surface area contributed by atoms with Crippen LogP contribution < -0.4 is 5.32 Å². The molecule has 0 aliphatic rings. The van der Waals surface area contributed by atoms with Gasteiger partial charge in [-0.15, -0.1) is 0 Å². The van der Waals surface area contributed by atoms with Crippen LogP contribution in [0.2, 0.25) is 0 Å². The van der Waals surface area contributed by atoms with E-state index < -0.39 is 5.97 Å². The number of aryl methyl sites for hydroxylation is 2. The molecule has 0 saturated heterocycles. The van der Waals surface area contributed by atoms with Crippen LogP contribution in [0, 0.1) is 6.92 Å². The molecule has 1 aromatic heterocycles. The number of carbonyl (C=O) groups is 1. The quantitative estimate of drug-likeness (QED) is 0.885. The summed E-state index contributed by atoms with van der Waals surface area (Å²) in [7, 11) is 1.88. The van der Waals surface area contributed by atoms with E-state index in [1.165, 1.54) is 0 Å². The van der Waals surface area contributed by atoms with Crippen molar-refractivity contribution in [3.05, 3.63) is 47.3 Å². The summed E-state index contributed by atoms with van der Waals surface area (Å²) in [6.07, 6.45) is 3.78. The van der Waals surface area contributed by atoms with E-state index in [0.29, 0.717) is 5.56 Å². The van der Waals surface area contributed by atoms with Crippen LogP contribution in [-0.4, -0.2) is 20.9 Å². The van der Waals surface area contributed by atoms with E-state index in [-0.39, 0.29) is 6.04 Å². The SMILES string of the molecule is Cc1cc(C(=O)O)ccc1NC(C)c1cnn(C)c1. The molecule has 0 fully saturated rings. The molecule has 1 aromatic carbocycles. The van der Waals surface area contributed by atoms with Gasteiger partial charge in [-0.25, -0.2) is 4.79 Å². The van der Waals surface area contributed by atoms with Gasteiger partial charge in [0, 0.05) is 24.5 Å². The zero-order valence-electron chi connectivity index (χ0n) is 11.2. The first-order chi connectivity index (χ1) is 8.97. The number of carboxylic acid groups (broad SMARTS) is 1. The Kier molecular flexibility index (Phi) is 3.55. The van der Waals surface area contributed by atoms with Gasteiger partial charge in [0.15, 0.2) is 0 Å². The molecule has 0 bridgehead atoms. The molecule has 0 aliphatic carbocycles. The molecule has 0 saturated carbocycles. The van der Waals surface area contributed by atoms with Gasteiger partial charge in [-0.05, 0) is 37.6 Å². The molecule has 5 heteroatoms. The third kappa shape index (κ3) is 2.93. The van der Waals surface area contributed by atoms with Crippen LogP contribution in [0.1, 0.15) is 34.5 Å². The Morgan fingerprint density at radius 2 is 2.21 bits per heavy atom. The Morgan fingerprint density at radius 1 is 1.47 bits per heavy atom. The second kappa shape index (κ2) is 5.14. The number of aromatic carboxylic acids is 1. The lowest BCUT2D eigenvalue weighted by Crippen LogP contribution is -2.08. The van der Waals surface area contributed by atoms with Crippen molar-refractivity contribution in [1.82, 2.24) is 9.78 Å². The molecule has 2 N–H and O–H groups in total. The molecule has 0 amide bonds. The predicted octanol–water partition coefficient (Wildman–Crippen LogP) is 2.60. The van der Waals surface area contributed by atoms with Crippen LogP contribution >= 0.6 is 0 Å². The van der Waals surface area contributed by atoms with Gasteiger partial charge in [-0.1, -0.05) is 0 Å². The number of carboxylic acids is 1. The van der Waals surface area contributed by atoms with Crippen molar-refractivity contribution in [2.45, 2.75) is 19.9 Å². The van der Waals surface area contributed by atoms with Crippen molar-refractivity contribution in [1.29, 1.82) is 0 Å². The highest BCUT2D eigenvalue weighted by atomic mass is 16.4. The largest absolute Gasteiger partial charge is 0.478 e. The minimum Gasteiger partial charge on any atom is -0.478 e. The molecule has 5 nitrogen and oxygen atoms in total. The first-order valence-corrected chi connectivity index (χ1v) is 6.06. The number of anilines is 1. The standard InChI is InChI=1S/C14H17N3O2/c1-9-6-11(14(18)19)4-5-13(9)16-10(2)12-7-15-17(3)8-12/h4-8,10,16H,1-3H3,(H,18,19). The molecule has 2 rings (SSSR count). The highest BCUT2D eigenvalue weighted by molar-refractivity contribution is 5.88. The lowest BCUT2D eigenvalue weighted by Gasteiger charge is -2.16. The molecule has 0 spiro atoms. The predicted molar refractivity (Wildman–Crippen MR) is 73.4 cm³/mol. The Bertz CT molecular complexity index is 604. The van der Waals surface area contributed by atoms with Crippen molar-refractivity contribution < 1.29 is 9.90 Å². The number of nitrogens with zero attached hydrogens (tertiary/aromatic N) is 2. The molecule has 1 atom stereocenters. The van der Waals surface area contributed by atoms with Crippen LogP contribution in [0.25, 0.3) is 0 Å². The molecule has 0 aliphatic heterocycles. The van der Waals surface area contributed by atoms with E-state index in [1.807, 2.05) is 33.3 Å². The number of hydrogen-bond donors (Lipinski definition) is 2. The smallest absolute Gasteiger partial charge is 0.335 e. The summed E-state index contributed by atoms with van der Waals surface area (Å²) < 4.78 is 1.76. The highest BCUT2D eigenvalue weighted by Gasteiger charge is 2.10. The second-order valence-electron chi connectivity index (χ2n) is 4.65. The van der Waals surface area contributed by atoms with E-state index in [9.17, 15) is 4.79 Å². The summed E-state index contributed by atoms with van der Waals surface area (Å²) in [5.74, 6) is -0.907.